The Morgan fingerprint density at radius 1 is 1.18 bits per heavy atom. The number of ether oxygens (including phenoxy) is 1. The van der Waals surface area contributed by atoms with Gasteiger partial charge in [0.2, 0.25) is 0 Å². The van der Waals surface area contributed by atoms with Gasteiger partial charge in [-0.2, -0.15) is 0 Å². The topological polar surface area (TPSA) is 97.0 Å². The Morgan fingerprint density at radius 3 is 2.61 bits per heavy atom. The molecular formula is C21H22N4O3. The standard InChI is InChI=1S/C21H22N4O3/c1-14(6-7-15-8-10-16(28-2)11-9-15)24-20(26)17-13-23-19(25-21(17)27)18-5-3-4-12-22-18/h3-5,8-14H,6-7H2,1-2H3,(H,24,26)(H,23,25,27)/t14-/m1/s1. The Morgan fingerprint density at radius 2 is 1.96 bits per heavy atom. The molecule has 0 saturated heterocycles. The molecule has 144 valence electrons. The third kappa shape index (κ3) is 4.82. The molecule has 1 aromatic carbocycles. The van der Waals surface area contributed by atoms with Crippen LogP contribution < -0.4 is 15.6 Å². The number of carbonyl (C=O) groups is 1. The summed E-state index contributed by atoms with van der Waals surface area (Å²) in [6, 6.07) is 13.0. The maximum atomic E-state index is 12.4. The molecule has 0 aliphatic carbocycles. The summed E-state index contributed by atoms with van der Waals surface area (Å²) in [5, 5.41) is 2.85. The quantitative estimate of drug-likeness (QED) is 0.659. The van der Waals surface area contributed by atoms with E-state index in [9.17, 15) is 9.59 Å². The number of rotatable bonds is 7. The molecule has 7 nitrogen and oxygen atoms in total. The summed E-state index contributed by atoms with van der Waals surface area (Å²) in [7, 11) is 1.63. The summed E-state index contributed by atoms with van der Waals surface area (Å²) in [5.41, 5.74) is 1.19. The van der Waals surface area contributed by atoms with Crippen molar-refractivity contribution in [3.05, 3.63) is 76.3 Å². The van der Waals surface area contributed by atoms with Crippen molar-refractivity contribution in [2.24, 2.45) is 0 Å². The number of hydrogen-bond acceptors (Lipinski definition) is 5. The second-order valence-electron chi connectivity index (χ2n) is 6.45. The second kappa shape index (κ2) is 8.94. The van der Waals surface area contributed by atoms with Crippen LogP contribution >= 0.6 is 0 Å². The van der Waals surface area contributed by atoms with Gasteiger partial charge in [-0.1, -0.05) is 18.2 Å². The molecule has 28 heavy (non-hydrogen) atoms. The Bertz CT molecular complexity index is 985. The van der Waals surface area contributed by atoms with Gasteiger partial charge in [-0.3, -0.25) is 14.6 Å². The number of hydrogen-bond donors (Lipinski definition) is 2. The third-order valence-electron chi connectivity index (χ3n) is 4.35. The highest BCUT2D eigenvalue weighted by Crippen LogP contribution is 2.13. The molecule has 3 rings (SSSR count). The number of aryl methyl sites for hydroxylation is 1. The van der Waals surface area contributed by atoms with E-state index in [1.165, 1.54) is 6.20 Å². The molecular weight excluding hydrogens is 356 g/mol. The lowest BCUT2D eigenvalue weighted by Gasteiger charge is -2.14. The fourth-order valence-electron chi connectivity index (χ4n) is 2.74. The summed E-state index contributed by atoms with van der Waals surface area (Å²) in [6.45, 7) is 1.91. The number of H-pyrrole nitrogens is 1. The van der Waals surface area contributed by atoms with Crippen LogP contribution in [0.1, 0.15) is 29.3 Å². The summed E-state index contributed by atoms with van der Waals surface area (Å²) < 4.78 is 5.14. The molecule has 0 aliphatic heterocycles. The van der Waals surface area contributed by atoms with E-state index in [2.05, 4.69) is 20.3 Å². The number of aromatic amines is 1. The van der Waals surface area contributed by atoms with Gasteiger partial charge < -0.3 is 15.0 Å². The first kappa shape index (κ1) is 19.3. The highest BCUT2D eigenvalue weighted by Gasteiger charge is 2.15. The van der Waals surface area contributed by atoms with Crippen molar-refractivity contribution in [3.8, 4) is 17.3 Å². The molecule has 1 atom stereocenters. The molecule has 3 aromatic rings. The predicted molar refractivity (Wildman–Crippen MR) is 106 cm³/mol. The van der Waals surface area contributed by atoms with Crippen molar-refractivity contribution in [2.45, 2.75) is 25.8 Å². The molecule has 0 spiro atoms. The van der Waals surface area contributed by atoms with E-state index in [0.29, 0.717) is 11.5 Å². The lowest BCUT2D eigenvalue weighted by molar-refractivity contribution is 0.0936. The normalized spacial score (nSPS) is 11.6. The summed E-state index contributed by atoms with van der Waals surface area (Å²) in [6.07, 6.45) is 4.45. The van der Waals surface area contributed by atoms with Gasteiger partial charge in [0.15, 0.2) is 5.82 Å². The molecule has 2 heterocycles. The van der Waals surface area contributed by atoms with Crippen LogP contribution in [0.5, 0.6) is 5.75 Å². The van der Waals surface area contributed by atoms with Gasteiger partial charge in [-0.25, -0.2) is 4.98 Å². The van der Waals surface area contributed by atoms with Crippen molar-refractivity contribution in [2.75, 3.05) is 7.11 Å². The zero-order valence-corrected chi connectivity index (χ0v) is 15.8. The summed E-state index contributed by atoms with van der Waals surface area (Å²) in [5.74, 6) is 0.698. The van der Waals surface area contributed by atoms with Crippen LogP contribution in [-0.4, -0.2) is 34.0 Å². The Labute approximate surface area is 162 Å². The summed E-state index contributed by atoms with van der Waals surface area (Å²) in [4.78, 5) is 35.6. The highest BCUT2D eigenvalue weighted by atomic mass is 16.5. The van der Waals surface area contributed by atoms with Gasteiger partial charge in [0.05, 0.1) is 7.11 Å². The molecule has 0 radical (unpaired) electrons. The van der Waals surface area contributed by atoms with E-state index in [4.69, 9.17) is 4.74 Å². The molecule has 0 unspecified atom stereocenters. The molecule has 2 aromatic heterocycles. The predicted octanol–water partition coefficient (Wildman–Crippen LogP) is 2.59. The Kier molecular flexibility index (Phi) is 6.16. The zero-order valence-electron chi connectivity index (χ0n) is 15.8. The molecule has 0 aliphatic rings. The molecule has 0 saturated carbocycles. The van der Waals surface area contributed by atoms with Crippen molar-refractivity contribution >= 4 is 5.91 Å². The monoisotopic (exact) mass is 378 g/mol. The van der Waals surface area contributed by atoms with Gasteiger partial charge in [0.25, 0.3) is 11.5 Å². The average Bonchev–Trinajstić information content (AvgIpc) is 2.73. The van der Waals surface area contributed by atoms with Crippen molar-refractivity contribution < 1.29 is 9.53 Å². The number of amides is 1. The van der Waals surface area contributed by atoms with Crippen LogP contribution in [0.4, 0.5) is 0 Å². The van der Waals surface area contributed by atoms with Crippen molar-refractivity contribution in [1.29, 1.82) is 0 Å². The SMILES string of the molecule is COc1ccc(CC[C@@H](C)NC(=O)c2cnc(-c3ccccn3)[nH]c2=O)cc1. The fraction of sp³-hybridized carbons (Fsp3) is 0.238. The van der Waals surface area contributed by atoms with Crippen LogP contribution in [0, 0.1) is 0 Å². The fourth-order valence-corrected chi connectivity index (χ4v) is 2.74. The minimum Gasteiger partial charge on any atom is -0.497 e. The number of benzene rings is 1. The third-order valence-corrected chi connectivity index (χ3v) is 4.35. The van der Waals surface area contributed by atoms with Crippen molar-refractivity contribution in [3.63, 3.8) is 0 Å². The van der Waals surface area contributed by atoms with Crippen LogP contribution in [0.3, 0.4) is 0 Å². The highest BCUT2D eigenvalue weighted by molar-refractivity contribution is 5.93. The first-order valence-electron chi connectivity index (χ1n) is 9.01. The molecule has 7 heteroatoms. The van der Waals surface area contributed by atoms with E-state index >= 15 is 0 Å². The molecule has 0 bridgehead atoms. The average molecular weight is 378 g/mol. The number of pyridine rings is 1. The minimum absolute atomic E-state index is 0.0176. The van der Waals surface area contributed by atoms with Gasteiger partial charge in [-0.05, 0) is 49.6 Å². The van der Waals surface area contributed by atoms with Gasteiger partial charge in [0.1, 0.15) is 17.0 Å². The maximum absolute atomic E-state index is 12.4. The first-order valence-corrected chi connectivity index (χ1v) is 9.01. The van der Waals surface area contributed by atoms with E-state index in [0.717, 1.165) is 24.2 Å². The minimum atomic E-state index is -0.490. The smallest absolute Gasteiger partial charge is 0.264 e. The van der Waals surface area contributed by atoms with E-state index in [1.807, 2.05) is 31.2 Å². The molecule has 2 N–H and O–H groups in total. The number of methoxy groups -OCH3 is 1. The van der Waals surface area contributed by atoms with Crippen LogP contribution in [0.2, 0.25) is 0 Å². The number of nitrogens with one attached hydrogen (secondary N) is 2. The van der Waals surface area contributed by atoms with Crippen LogP contribution in [0.15, 0.2) is 59.7 Å². The molecule has 1 amide bonds. The second-order valence-corrected chi connectivity index (χ2v) is 6.45. The number of nitrogens with zero attached hydrogens (tertiary/aromatic N) is 2. The summed E-state index contributed by atoms with van der Waals surface area (Å²) >= 11 is 0. The number of carbonyl (C=O) groups excluding carboxylic acids is 1. The van der Waals surface area contributed by atoms with E-state index in [-0.39, 0.29) is 11.6 Å². The van der Waals surface area contributed by atoms with Gasteiger partial charge in [-0.15, -0.1) is 0 Å². The largest absolute Gasteiger partial charge is 0.497 e. The van der Waals surface area contributed by atoms with E-state index in [1.54, 1.807) is 31.5 Å². The number of aromatic nitrogens is 3. The van der Waals surface area contributed by atoms with Gasteiger partial charge in [0, 0.05) is 18.4 Å². The lowest BCUT2D eigenvalue weighted by atomic mass is 10.1. The van der Waals surface area contributed by atoms with Crippen molar-refractivity contribution in [1.82, 2.24) is 20.3 Å². The molecule has 0 fully saturated rings. The zero-order chi connectivity index (χ0) is 19.9. The van der Waals surface area contributed by atoms with Gasteiger partial charge >= 0.3 is 0 Å². The van der Waals surface area contributed by atoms with Crippen LogP contribution in [0.25, 0.3) is 11.5 Å². The maximum Gasteiger partial charge on any atom is 0.264 e. The van der Waals surface area contributed by atoms with E-state index < -0.39 is 11.5 Å². The Balaban J connectivity index is 1.59. The lowest BCUT2D eigenvalue weighted by Crippen LogP contribution is -2.36. The first-order chi connectivity index (χ1) is 13.6. The van der Waals surface area contributed by atoms with Crippen LogP contribution in [-0.2, 0) is 6.42 Å². The Hall–Kier alpha value is -3.48.